The monoisotopic (exact) mass is 382 g/mol. The first-order valence-electron chi connectivity index (χ1n) is 8.42. The summed E-state index contributed by atoms with van der Waals surface area (Å²) < 4.78 is 5.37. The summed E-state index contributed by atoms with van der Waals surface area (Å²) in [5.74, 6) is 2.51. The van der Waals surface area contributed by atoms with Crippen molar-refractivity contribution in [1.29, 1.82) is 0 Å². The molecule has 0 aliphatic carbocycles. The van der Waals surface area contributed by atoms with E-state index in [1.807, 2.05) is 18.2 Å². The second kappa shape index (κ2) is 7.55. The lowest BCUT2D eigenvalue weighted by atomic mass is 10.1. The number of thioether (sulfide) groups is 1. The van der Waals surface area contributed by atoms with Gasteiger partial charge in [-0.2, -0.15) is 4.98 Å². The van der Waals surface area contributed by atoms with Gasteiger partial charge in [-0.1, -0.05) is 61.1 Å². The van der Waals surface area contributed by atoms with Gasteiger partial charge in [0, 0.05) is 17.4 Å². The molecule has 26 heavy (non-hydrogen) atoms. The molecule has 0 unspecified atom stereocenters. The van der Waals surface area contributed by atoms with Crippen LogP contribution in [0.3, 0.4) is 0 Å². The Morgan fingerprint density at radius 2 is 2.00 bits per heavy atom. The van der Waals surface area contributed by atoms with E-state index in [4.69, 9.17) is 4.52 Å². The summed E-state index contributed by atoms with van der Waals surface area (Å²) in [5.41, 5.74) is 2.34. The number of hydrogen-bond donors (Lipinski definition) is 0. The molecule has 4 rings (SSSR count). The molecule has 0 saturated heterocycles. The van der Waals surface area contributed by atoms with Crippen LogP contribution in [-0.2, 0) is 12.2 Å². The van der Waals surface area contributed by atoms with Gasteiger partial charge in [0.15, 0.2) is 5.82 Å². The van der Waals surface area contributed by atoms with Crippen LogP contribution in [0.25, 0.3) is 21.3 Å². The molecule has 4 aromatic rings. The zero-order valence-electron chi connectivity index (χ0n) is 14.5. The lowest BCUT2D eigenvalue weighted by molar-refractivity contribution is 0.382. The molecule has 3 heterocycles. The van der Waals surface area contributed by atoms with E-state index in [1.165, 1.54) is 11.1 Å². The number of fused-ring (bicyclic) bond motifs is 1. The normalized spacial score (nSPS) is 11.5. The topological polar surface area (TPSA) is 64.7 Å². The fourth-order valence-corrected chi connectivity index (χ4v) is 4.54. The average molecular weight is 383 g/mol. The van der Waals surface area contributed by atoms with Crippen molar-refractivity contribution in [2.24, 2.45) is 5.92 Å². The van der Waals surface area contributed by atoms with E-state index in [0.717, 1.165) is 27.5 Å². The Labute approximate surface area is 159 Å². The van der Waals surface area contributed by atoms with Crippen LogP contribution in [0.4, 0.5) is 0 Å². The third-order valence-electron chi connectivity index (χ3n) is 3.85. The standard InChI is InChI=1S/C19H18N4OS2/c1-12(2)8-15-22-16(24-23-15)10-26-19-17-14(13-6-4-3-5-7-13)9-25-18(17)20-11-21-19/h3-7,9,11-12H,8,10H2,1-2H3. The van der Waals surface area contributed by atoms with Gasteiger partial charge in [-0.25, -0.2) is 9.97 Å². The maximum absolute atomic E-state index is 5.37. The smallest absolute Gasteiger partial charge is 0.237 e. The van der Waals surface area contributed by atoms with Gasteiger partial charge in [-0.05, 0) is 11.5 Å². The van der Waals surface area contributed by atoms with Gasteiger partial charge in [0.1, 0.15) is 16.2 Å². The summed E-state index contributed by atoms with van der Waals surface area (Å²) in [4.78, 5) is 14.4. The van der Waals surface area contributed by atoms with Crippen molar-refractivity contribution in [2.45, 2.75) is 31.0 Å². The number of nitrogens with zero attached hydrogens (tertiary/aromatic N) is 4. The van der Waals surface area contributed by atoms with Gasteiger partial charge in [0.05, 0.1) is 11.1 Å². The van der Waals surface area contributed by atoms with Gasteiger partial charge in [0.2, 0.25) is 5.89 Å². The Kier molecular flexibility index (Phi) is 4.99. The molecule has 1 aromatic carbocycles. The molecular weight excluding hydrogens is 364 g/mol. The Balaban J connectivity index is 1.60. The summed E-state index contributed by atoms with van der Waals surface area (Å²) in [5, 5.41) is 8.24. The summed E-state index contributed by atoms with van der Waals surface area (Å²) >= 11 is 3.25. The minimum absolute atomic E-state index is 0.508. The predicted octanol–water partition coefficient (Wildman–Crippen LogP) is 5.23. The molecule has 0 aliphatic rings. The van der Waals surface area contributed by atoms with E-state index in [9.17, 15) is 0 Å². The molecule has 3 aromatic heterocycles. The molecule has 132 valence electrons. The largest absolute Gasteiger partial charge is 0.338 e. The summed E-state index contributed by atoms with van der Waals surface area (Å²) in [7, 11) is 0. The Bertz CT molecular complexity index is 1010. The van der Waals surface area contributed by atoms with E-state index < -0.39 is 0 Å². The van der Waals surface area contributed by atoms with Crippen LogP contribution in [0.2, 0.25) is 0 Å². The van der Waals surface area contributed by atoms with Crippen molar-refractivity contribution < 1.29 is 4.52 Å². The highest BCUT2D eigenvalue weighted by Gasteiger charge is 2.15. The lowest BCUT2D eigenvalue weighted by Gasteiger charge is -2.04. The first kappa shape index (κ1) is 17.2. The maximum Gasteiger partial charge on any atom is 0.237 e. The van der Waals surface area contributed by atoms with Gasteiger partial charge in [-0.3, -0.25) is 0 Å². The molecule has 0 N–H and O–H groups in total. The summed E-state index contributed by atoms with van der Waals surface area (Å²) in [6.45, 7) is 4.29. The number of aromatic nitrogens is 4. The highest BCUT2D eigenvalue weighted by Crippen LogP contribution is 2.38. The number of rotatable bonds is 6. The van der Waals surface area contributed by atoms with Crippen LogP contribution in [-0.4, -0.2) is 20.1 Å². The van der Waals surface area contributed by atoms with Crippen molar-refractivity contribution in [3.63, 3.8) is 0 Å². The van der Waals surface area contributed by atoms with Crippen LogP contribution in [0, 0.1) is 5.92 Å². The number of hydrogen-bond acceptors (Lipinski definition) is 7. The van der Waals surface area contributed by atoms with E-state index in [2.05, 4.69) is 51.5 Å². The van der Waals surface area contributed by atoms with E-state index >= 15 is 0 Å². The Hall–Kier alpha value is -2.25. The maximum atomic E-state index is 5.37. The molecule has 0 aliphatic heterocycles. The summed E-state index contributed by atoms with van der Waals surface area (Å²) in [6.07, 6.45) is 2.45. The van der Waals surface area contributed by atoms with Crippen molar-refractivity contribution in [1.82, 2.24) is 20.1 Å². The molecule has 0 radical (unpaired) electrons. The molecule has 0 bridgehead atoms. The minimum atomic E-state index is 0.508. The Morgan fingerprint density at radius 3 is 2.81 bits per heavy atom. The number of thiophene rings is 1. The third kappa shape index (κ3) is 3.64. The lowest BCUT2D eigenvalue weighted by Crippen LogP contribution is -1.96. The first-order valence-corrected chi connectivity index (χ1v) is 10.3. The Morgan fingerprint density at radius 1 is 1.15 bits per heavy atom. The van der Waals surface area contributed by atoms with Crippen LogP contribution in [0.15, 0.2) is 51.6 Å². The SMILES string of the molecule is CC(C)Cc1noc(CSc2ncnc3scc(-c4ccccc4)c23)n1. The zero-order valence-corrected chi connectivity index (χ0v) is 16.2. The fourth-order valence-electron chi connectivity index (χ4n) is 2.71. The van der Waals surface area contributed by atoms with Gasteiger partial charge in [-0.15, -0.1) is 11.3 Å². The average Bonchev–Trinajstić information content (AvgIpc) is 3.27. The van der Waals surface area contributed by atoms with Gasteiger partial charge < -0.3 is 4.52 Å². The molecule has 0 fully saturated rings. The molecule has 0 atom stereocenters. The molecule has 5 nitrogen and oxygen atoms in total. The molecule has 0 spiro atoms. The number of benzene rings is 1. The minimum Gasteiger partial charge on any atom is -0.338 e. The van der Waals surface area contributed by atoms with E-state index in [1.54, 1.807) is 29.4 Å². The van der Waals surface area contributed by atoms with Gasteiger partial charge in [0.25, 0.3) is 0 Å². The fraction of sp³-hybridized carbons (Fsp3) is 0.263. The highest BCUT2D eigenvalue weighted by molar-refractivity contribution is 7.98. The highest BCUT2D eigenvalue weighted by atomic mass is 32.2. The van der Waals surface area contributed by atoms with Crippen LogP contribution in [0.5, 0.6) is 0 Å². The molecule has 0 saturated carbocycles. The van der Waals surface area contributed by atoms with Crippen molar-refractivity contribution in [3.05, 3.63) is 53.8 Å². The van der Waals surface area contributed by atoms with Gasteiger partial charge >= 0.3 is 0 Å². The van der Waals surface area contributed by atoms with Crippen molar-refractivity contribution in [3.8, 4) is 11.1 Å². The molecular formula is C19H18N4OS2. The van der Waals surface area contributed by atoms with Crippen LogP contribution >= 0.6 is 23.1 Å². The molecule has 0 amide bonds. The first-order chi connectivity index (χ1) is 12.7. The zero-order chi connectivity index (χ0) is 17.9. The second-order valence-corrected chi connectivity index (χ2v) is 8.19. The third-order valence-corrected chi connectivity index (χ3v) is 5.71. The quantitative estimate of drug-likeness (QED) is 0.336. The van der Waals surface area contributed by atoms with Crippen LogP contribution in [0.1, 0.15) is 25.6 Å². The van der Waals surface area contributed by atoms with E-state index in [-0.39, 0.29) is 0 Å². The van der Waals surface area contributed by atoms with E-state index in [0.29, 0.717) is 17.6 Å². The summed E-state index contributed by atoms with van der Waals surface area (Å²) in [6, 6.07) is 10.3. The van der Waals surface area contributed by atoms with Crippen LogP contribution < -0.4 is 0 Å². The second-order valence-electron chi connectivity index (χ2n) is 6.37. The van der Waals surface area contributed by atoms with Crippen molar-refractivity contribution in [2.75, 3.05) is 0 Å². The predicted molar refractivity (Wildman–Crippen MR) is 105 cm³/mol. The van der Waals surface area contributed by atoms with Crippen molar-refractivity contribution >= 4 is 33.3 Å². The molecule has 7 heteroatoms.